The van der Waals surface area contributed by atoms with Gasteiger partial charge in [-0.2, -0.15) is 0 Å². The summed E-state index contributed by atoms with van der Waals surface area (Å²) in [6.45, 7) is 1.67. The van der Waals surface area contributed by atoms with Crippen molar-refractivity contribution in [3.05, 3.63) is 85.7 Å². The van der Waals surface area contributed by atoms with Crippen LogP contribution in [-0.2, 0) is 11.3 Å². The molecular formula is C27H22Cl2N2O6S. The summed E-state index contributed by atoms with van der Waals surface area (Å²) in [6.07, 6.45) is 1.51. The topological polar surface area (TPSA) is 105 Å². The van der Waals surface area contributed by atoms with Gasteiger partial charge in [0.1, 0.15) is 5.75 Å². The summed E-state index contributed by atoms with van der Waals surface area (Å²) in [5.74, 6) is -0.322. The van der Waals surface area contributed by atoms with E-state index in [0.717, 1.165) is 16.7 Å². The Morgan fingerprint density at radius 1 is 1.03 bits per heavy atom. The maximum absolute atomic E-state index is 13.0. The molecule has 196 valence electrons. The van der Waals surface area contributed by atoms with Gasteiger partial charge in [0.25, 0.3) is 17.1 Å². The van der Waals surface area contributed by atoms with Crippen LogP contribution in [0.2, 0.25) is 10.0 Å². The minimum atomic E-state index is -0.569. The van der Waals surface area contributed by atoms with Crippen LogP contribution in [-0.4, -0.2) is 41.3 Å². The van der Waals surface area contributed by atoms with E-state index in [4.69, 9.17) is 32.7 Å². The van der Waals surface area contributed by atoms with Gasteiger partial charge in [-0.15, -0.1) is 0 Å². The quantitative estimate of drug-likeness (QED) is 0.311. The number of benzene rings is 3. The molecule has 2 N–H and O–H groups in total. The first-order valence-electron chi connectivity index (χ1n) is 11.2. The summed E-state index contributed by atoms with van der Waals surface area (Å²) >= 11 is 12.8. The molecule has 0 aromatic heterocycles. The second-order valence-electron chi connectivity index (χ2n) is 8.27. The fourth-order valence-electron chi connectivity index (χ4n) is 3.78. The highest BCUT2D eigenvalue weighted by Gasteiger charge is 2.35. The van der Waals surface area contributed by atoms with Crippen LogP contribution in [0.15, 0.2) is 53.4 Å². The maximum atomic E-state index is 13.0. The molecule has 1 saturated heterocycles. The third-order valence-corrected chi connectivity index (χ3v) is 7.35. The molecule has 0 spiro atoms. The number of aryl methyl sites for hydroxylation is 1. The molecule has 3 aromatic carbocycles. The number of halogens is 2. The highest BCUT2D eigenvalue weighted by Crippen LogP contribution is 2.36. The van der Waals surface area contributed by atoms with Crippen LogP contribution in [0.3, 0.4) is 0 Å². The van der Waals surface area contributed by atoms with E-state index in [-0.39, 0.29) is 22.8 Å². The fraction of sp³-hybridized carbons (Fsp3) is 0.148. The first kappa shape index (κ1) is 27.4. The van der Waals surface area contributed by atoms with Crippen molar-refractivity contribution in [1.82, 2.24) is 4.90 Å². The molecule has 11 heteroatoms. The Kier molecular flexibility index (Phi) is 8.20. The number of amides is 3. The zero-order valence-corrected chi connectivity index (χ0v) is 22.8. The number of methoxy groups -OCH3 is 2. The molecule has 38 heavy (non-hydrogen) atoms. The SMILES string of the molecule is COc1ccc(NC(=O)c2cc(C=C3SC(=O)N(Cc4ccc(Cl)c(Cl)c4)C3=O)cc(C)c2O)cc1OC. The molecular weight excluding hydrogens is 551 g/mol. The van der Waals surface area contributed by atoms with Gasteiger partial charge >= 0.3 is 0 Å². The Bertz CT molecular complexity index is 1490. The number of phenolic OH excluding ortho intramolecular Hbond substituents is 1. The number of carbonyl (C=O) groups excluding carboxylic acids is 3. The fourth-order valence-corrected chi connectivity index (χ4v) is 4.94. The van der Waals surface area contributed by atoms with Crippen molar-refractivity contribution in [1.29, 1.82) is 0 Å². The van der Waals surface area contributed by atoms with Crippen LogP contribution in [0.25, 0.3) is 6.08 Å². The molecule has 3 amide bonds. The van der Waals surface area contributed by atoms with Crippen LogP contribution < -0.4 is 14.8 Å². The Labute approximate surface area is 233 Å². The molecule has 1 heterocycles. The molecule has 1 aliphatic rings. The van der Waals surface area contributed by atoms with E-state index < -0.39 is 17.1 Å². The molecule has 1 fully saturated rings. The van der Waals surface area contributed by atoms with E-state index in [0.29, 0.717) is 43.9 Å². The molecule has 0 saturated carbocycles. The Balaban J connectivity index is 1.57. The van der Waals surface area contributed by atoms with Crippen molar-refractivity contribution >= 4 is 63.8 Å². The Morgan fingerprint density at radius 2 is 1.76 bits per heavy atom. The van der Waals surface area contributed by atoms with Gasteiger partial charge in [-0.25, -0.2) is 0 Å². The van der Waals surface area contributed by atoms with Crippen LogP contribution in [0.5, 0.6) is 17.2 Å². The number of thioether (sulfide) groups is 1. The smallest absolute Gasteiger partial charge is 0.293 e. The first-order valence-corrected chi connectivity index (χ1v) is 12.7. The van der Waals surface area contributed by atoms with E-state index in [9.17, 15) is 19.5 Å². The van der Waals surface area contributed by atoms with E-state index in [1.165, 1.54) is 26.4 Å². The van der Waals surface area contributed by atoms with Crippen LogP contribution in [0.4, 0.5) is 10.5 Å². The van der Waals surface area contributed by atoms with Gasteiger partial charge in [0.2, 0.25) is 0 Å². The molecule has 0 radical (unpaired) electrons. The predicted molar refractivity (Wildman–Crippen MR) is 148 cm³/mol. The summed E-state index contributed by atoms with van der Waals surface area (Å²) in [7, 11) is 2.98. The number of hydrogen-bond acceptors (Lipinski definition) is 7. The molecule has 1 aliphatic heterocycles. The minimum absolute atomic E-state index is 0.000990. The van der Waals surface area contributed by atoms with Gasteiger partial charge < -0.3 is 19.9 Å². The number of carbonyl (C=O) groups is 3. The number of phenols is 1. The van der Waals surface area contributed by atoms with Gasteiger partial charge in [-0.3, -0.25) is 19.3 Å². The number of imide groups is 1. The predicted octanol–water partition coefficient (Wildman–Crippen LogP) is 6.51. The minimum Gasteiger partial charge on any atom is -0.507 e. The first-order chi connectivity index (χ1) is 18.1. The summed E-state index contributed by atoms with van der Waals surface area (Å²) < 4.78 is 10.5. The second-order valence-corrected chi connectivity index (χ2v) is 10.1. The number of ether oxygens (including phenoxy) is 2. The molecule has 3 aromatic rings. The monoisotopic (exact) mass is 572 g/mol. The standard InChI is InChI=1S/C27H22Cl2N2O6S/c1-14-8-16(9-18(24(14)32)25(33)30-17-5-7-21(36-2)22(12-17)37-3)11-23-26(34)31(27(35)38-23)13-15-4-6-19(28)20(29)10-15/h4-12,32H,13H2,1-3H3,(H,30,33). The van der Waals surface area contributed by atoms with Crippen molar-refractivity contribution < 1.29 is 29.0 Å². The van der Waals surface area contributed by atoms with E-state index in [1.54, 1.807) is 49.4 Å². The van der Waals surface area contributed by atoms with E-state index in [2.05, 4.69) is 5.32 Å². The van der Waals surface area contributed by atoms with Crippen LogP contribution >= 0.6 is 35.0 Å². The molecule has 0 bridgehead atoms. The van der Waals surface area contributed by atoms with Crippen molar-refractivity contribution in [3.8, 4) is 17.2 Å². The lowest BCUT2D eigenvalue weighted by molar-refractivity contribution is -0.123. The molecule has 0 unspecified atom stereocenters. The maximum Gasteiger partial charge on any atom is 0.293 e. The summed E-state index contributed by atoms with van der Waals surface area (Å²) in [5, 5.41) is 13.6. The van der Waals surface area contributed by atoms with Crippen molar-refractivity contribution in [2.75, 3.05) is 19.5 Å². The van der Waals surface area contributed by atoms with E-state index in [1.807, 2.05) is 0 Å². The number of nitrogens with one attached hydrogen (secondary N) is 1. The Hall–Kier alpha value is -3.66. The molecule has 0 aliphatic carbocycles. The number of hydrogen-bond donors (Lipinski definition) is 2. The van der Waals surface area contributed by atoms with Crippen molar-refractivity contribution in [2.45, 2.75) is 13.5 Å². The van der Waals surface area contributed by atoms with Crippen molar-refractivity contribution in [2.24, 2.45) is 0 Å². The zero-order chi connectivity index (χ0) is 27.6. The van der Waals surface area contributed by atoms with Crippen LogP contribution in [0, 0.1) is 6.92 Å². The average Bonchev–Trinajstić information content (AvgIpc) is 3.15. The highest BCUT2D eigenvalue weighted by atomic mass is 35.5. The number of nitrogens with zero attached hydrogens (tertiary/aromatic N) is 1. The van der Waals surface area contributed by atoms with Crippen molar-refractivity contribution in [3.63, 3.8) is 0 Å². The lowest BCUT2D eigenvalue weighted by Gasteiger charge is -2.13. The number of anilines is 1. The largest absolute Gasteiger partial charge is 0.507 e. The van der Waals surface area contributed by atoms with Gasteiger partial charge in [-0.1, -0.05) is 29.3 Å². The molecule has 0 atom stereocenters. The van der Waals surface area contributed by atoms with Gasteiger partial charge in [0, 0.05) is 11.8 Å². The van der Waals surface area contributed by atoms with Crippen LogP contribution in [0.1, 0.15) is 27.0 Å². The normalized spacial score (nSPS) is 14.2. The van der Waals surface area contributed by atoms with Gasteiger partial charge in [-0.05, 0) is 77.9 Å². The lowest BCUT2D eigenvalue weighted by Crippen LogP contribution is -2.27. The third-order valence-electron chi connectivity index (χ3n) is 5.70. The highest BCUT2D eigenvalue weighted by molar-refractivity contribution is 8.18. The molecule has 4 rings (SSSR count). The summed E-state index contributed by atoms with van der Waals surface area (Å²) in [6, 6.07) is 12.8. The van der Waals surface area contributed by atoms with Gasteiger partial charge in [0.15, 0.2) is 11.5 Å². The number of rotatable bonds is 7. The average molecular weight is 573 g/mol. The second kappa shape index (κ2) is 11.4. The third kappa shape index (κ3) is 5.75. The Morgan fingerprint density at radius 3 is 2.45 bits per heavy atom. The summed E-state index contributed by atoms with van der Waals surface area (Å²) in [5.41, 5.74) is 1.97. The molecule has 8 nitrogen and oxygen atoms in total. The zero-order valence-electron chi connectivity index (χ0n) is 20.5. The van der Waals surface area contributed by atoms with E-state index >= 15 is 0 Å². The lowest BCUT2D eigenvalue weighted by atomic mass is 10.0. The summed E-state index contributed by atoms with van der Waals surface area (Å²) in [4.78, 5) is 39.9. The van der Waals surface area contributed by atoms with Gasteiger partial charge in [0.05, 0.1) is 41.3 Å². The number of aromatic hydroxyl groups is 1.